The molecule has 0 saturated heterocycles. The molecule has 1 nitrogen and oxygen atoms in total. The van der Waals surface area contributed by atoms with E-state index in [1.54, 1.807) is 17.4 Å². The second kappa shape index (κ2) is 5.41. The Balaban J connectivity index is 2.40. The highest BCUT2D eigenvalue weighted by Gasteiger charge is 2.17. The van der Waals surface area contributed by atoms with E-state index in [1.807, 2.05) is 25.1 Å². The summed E-state index contributed by atoms with van der Waals surface area (Å²) >= 11 is 14.4. The largest absolute Gasteiger partial charge is 0.383 e. The van der Waals surface area contributed by atoms with Crippen molar-refractivity contribution in [3.8, 4) is 0 Å². The SMILES string of the molecule is Cc1cc(Br)c(C(O)c2ccc(Br)c(Cl)c2)s1. The second-order valence-corrected chi connectivity index (χ2v) is 7.05. The Hall–Kier alpha value is 0.130. The fourth-order valence-corrected chi connectivity index (χ4v) is 3.84. The number of thiophene rings is 1. The predicted molar refractivity (Wildman–Crippen MR) is 80.0 cm³/mol. The van der Waals surface area contributed by atoms with Crippen molar-refractivity contribution in [1.82, 2.24) is 0 Å². The molecule has 0 fully saturated rings. The molecule has 2 aromatic rings. The number of hydrogen-bond acceptors (Lipinski definition) is 2. The summed E-state index contributed by atoms with van der Waals surface area (Å²) in [6, 6.07) is 7.48. The number of benzene rings is 1. The monoisotopic (exact) mass is 394 g/mol. The van der Waals surface area contributed by atoms with Gasteiger partial charge in [0.2, 0.25) is 0 Å². The van der Waals surface area contributed by atoms with Crippen LogP contribution in [0.2, 0.25) is 5.02 Å². The minimum Gasteiger partial charge on any atom is -0.383 e. The molecule has 0 spiro atoms. The molecule has 90 valence electrons. The molecule has 0 bridgehead atoms. The molecular weight excluding hydrogens is 387 g/mol. The van der Waals surface area contributed by atoms with Crippen molar-refractivity contribution >= 4 is 54.8 Å². The van der Waals surface area contributed by atoms with Crippen molar-refractivity contribution < 1.29 is 5.11 Å². The van der Waals surface area contributed by atoms with E-state index in [1.165, 1.54) is 0 Å². The Labute approximate surface area is 126 Å². The van der Waals surface area contributed by atoms with Gasteiger partial charge >= 0.3 is 0 Å². The molecule has 1 atom stereocenters. The van der Waals surface area contributed by atoms with Crippen molar-refractivity contribution in [2.75, 3.05) is 0 Å². The van der Waals surface area contributed by atoms with E-state index in [0.29, 0.717) is 5.02 Å². The van der Waals surface area contributed by atoms with Crippen molar-refractivity contribution in [1.29, 1.82) is 0 Å². The van der Waals surface area contributed by atoms with Crippen LogP contribution in [-0.4, -0.2) is 5.11 Å². The number of halogens is 3. The van der Waals surface area contributed by atoms with E-state index in [4.69, 9.17) is 11.6 Å². The zero-order valence-corrected chi connectivity index (χ0v) is 13.6. The molecule has 5 heteroatoms. The van der Waals surface area contributed by atoms with Crippen LogP contribution >= 0.6 is 54.8 Å². The molecule has 1 heterocycles. The zero-order valence-electron chi connectivity index (χ0n) is 8.88. The lowest BCUT2D eigenvalue weighted by atomic mass is 10.1. The first kappa shape index (κ1) is 13.6. The van der Waals surface area contributed by atoms with Gasteiger partial charge in [-0.15, -0.1) is 11.3 Å². The van der Waals surface area contributed by atoms with Crippen LogP contribution in [0.25, 0.3) is 0 Å². The zero-order chi connectivity index (χ0) is 12.6. The van der Waals surface area contributed by atoms with Crippen LogP contribution in [0.5, 0.6) is 0 Å². The average Bonchev–Trinajstić information content (AvgIpc) is 2.61. The van der Waals surface area contributed by atoms with Crippen molar-refractivity contribution in [3.63, 3.8) is 0 Å². The van der Waals surface area contributed by atoms with Gasteiger partial charge in [-0.2, -0.15) is 0 Å². The van der Waals surface area contributed by atoms with E-state index in [9.17, 15) is 5.11 Å². The van der Waals surface area contributed by atoms with Crippen LogP contribution < -0.4 is 0 Å². The highest BCUT2D eigenvalue weighted by molar-refractivity contribution is 9.10. The van der Waals surface area contributed by atoms with Crippen LogP contribution in [-0.2, 0) is 0 Å². The molecule has 0 aliphatic carbocycles. The molecular formula is C12H9Br2ClOS. The third-order valence-corrected chi connectivity index (χ3v) is 5.60. The van der Waals surface area contributed by atoms with Crippen molar-refractivity contribution in [2.45, 2.75) is 13.0 Å². The third-order valence-electron chi connectivity index (χ3n) is 2.34. The van der Waals surface area contributed by atoms with Gasteiger partial charge in [0.1, 0.15) is 6.10 Å². The van der Waals surface area contributed by atoms with Gasteiger partial charge in [0.05, 0.1) is 9.90 Å². The highest BCUT2D eigenvalue weighted by atomic mass is 79.9. The molecule has 0 amide bonds. The van der Waals surface area contributed by atoms with Gasteiger partial charge in [-0.3, -0.25) is 0 Å². The van der Waals surface area contributed by atoms with Gasteiger partial charge in [0, 0.05) is 13.8 Å². The second-order valence-electron chi connectivity index (χ2n) is 3.65. The summed E-state index contributed by atoms with van der Waals surface area (Å²) in [6.45, 7) is 2.01. The fraction of sp³-hybridized carbons (Fsp3) is 0.167. The Morgan fingerprint density at radius 1 is 1.24 bits per heavy atom. The summed E-state index contributed by atoms with van der Waals surface area (Å²) in [5.41, 5.74) is 0.792. The van der Waals surface area contributed by atoms with Crippen molar-refractivity contribution in [2.24, 2.45) is 0 Å². The maximum Gasteiger partial charge on any atom is 0.114 e. The molecule has 0 saturated carbocycles. The van der Waals surface area contributed by atoms with Crippen LogP contribution in [0.3, 0.4) is 0 Å². The molecule has 0 aliphatic rings. The summed E-state index contributed by atoms with van der Waals surface area (Å²) < 4.78 is 1.77. The summed E-state index contributed by atoms with van der Waals surface area (Å²) in [7, 11) is 0. The van der Waals surface area contributed by atoms with Crippen LogP contribution in [0.15, 0.2) is 33.2 Å². The van der Waals surface area contributed by atoms with Gasteiger partial charge in [-0.1, -0.05) is 17.7 Å². The molecule has 0 aliphatic heterocycles. The maximum atomic E-state index is 10.3. The molecule has 1 N–H and O–H groups in total. The van der Waals surface area contributed by atoms with E-state index >= 15 is 0 Å². The lowest BCUT2D eigenvalue weighted by molar-refractivity contribution is 0.223. The first-order chi connectivity index (χ1) is 7.99. The van der Waals surface area contributed by atoms with E-state index < -0.39 is 6.10 Å². The summed E-state index contributed by atoms with van der Waals surface area (Å²) in [5.74, 6) is 0. The van der Waals surface area contributed by atoms with Gasteiger partial charge in [0.25, 0.3) is 0 Å². The number of hydrogen-bond donors (Lipinski definition) is 1. The lowest BCUT2D eigenvalue weighted by Crippen LogP contribution is -1.97. The van der Waals surface area contributed by atoms with Crippen LogP contribution in [0.1, 0.15) is 21.4 Å². The van der Waals surface area contributed by atoms with Gasteiger partial charge in [-0.05, 0) is 62.5 Å². The van der Waals surface area contributed by atoms with Crippen LogP contribution in [0, 0.1) is 6.92 Å². The highest BCUT2D eigenvalue weighted by Crippen LogP contribution is 2.37. The number of rotatable bonds is 2. The molecule has 1 aromatic heterocycles. The first-order valence-corrected chi connectivity index (χ1v) is 7.66. The summed E-state index contributed by atoms with van der Waals surface area (Å²) in [4.78, 5) is 2.06. The quantitative estimate of drug-likeness (QED) is 0.729. The van der Waals surface area contributed by atoms with Crippen molar-refractivity contribution in [3.05, 3.63) is 53.6 Å². The minimum atomic E-state index is -0.645. The van der Waals surface area contributed by atoms with Gasteiger partial charge in [0.15, 0.2) is 0 Å². The smallest absolute Gasteiger partial charge is 0.114 e. The summed E-state index contributed by atoms with van der Waals surface area (Å²) in [6.07, 6.45) is -0.645. The third kappa shape index (κ3) is 2.93. The Morgan fingerprint density at radius 3 is 2.47 bits per heavy atom. The molecule has 0 radical (unpaired) electrons. The first-order valence-electron chi connectivity index (χ1n) is 4.88. The van der Waals surface area contributed by atoms with Gasteiger partial charge in [-0.25, -0.2) is 0 Å². The predicted octanol–water partition coefficient (Wildman–Crippen LogP) is 5.32. The molecule has 2 rings (SSSR count). The average molecular weight is 397 g/mol. The standard InChI is InChI=1S/C12H9Br2ClOS/c1-6-4-9(14)12(17-6)11(16)7-2-3-8(13)10(15)5-7/h2-5,11,16H,1H3. The van der Waals surface area contributed by atoms with Gasteiger partial charge < -0.3 is 5.11 Å². The molecule has 17 heavy (non-hydrogen) atoms. The number of aliphatic hydroxyl groups is 1. The molecule has 1 unspecified atom stereocenters. The van der Waals surface area contributed by atoms with Crippen LogP contribution in [0.4, 0.5) is 0 Å². The number of aliphatic hydroxyl groups excluding tert-OH is 1. The maximum absolute atomic E-state index is 10.3. The topological polar surface area (TPSA) is 20.2 Å². The van der Waals surface area contributed by atoms with E-state index in [-0.39, 0.29) is 0 Å². The molecule has 1 aromatic carbocycles. The summed E-state index contributed by atoms with van der Waals surface area (Å²) in [5, 5.41) is 10.9. The lowest BCUT2D eigenvalue weighted by Gasteiger charge is -2.10. The fourth-order valence-electron chi connectivity index (χ4n) is 1.52. The van der Waals surface area contributed by atoms with E-state index in [0.717, 1.165) is 24.3 Å². The Morgan fingerprint density at radius 2 is 1.94 bits per heavy atom. The Bertz CT molecular complexity index is 553. The Kier molecular flexibility index (Phi) is 4.31. The van der Waals surface area contributed by atoms with E-state index in [2.05, 4.69) is 31.9 Å². The number of aryl methyl sites for hydroxylation is 1. The normalized spacial score (nSPS) is 12.8. The minimum absolute atomic E-state index is 0.603.